The van der Waals surface area contributed by atoms with E-state index in [0.717, 1.165) is 30.1 Å². The smallest absolute Gasteiger partial charge is 0.240 e. The number of alkyl halides is 1. The van der Waals surface area contributed by atoms with Gasteiger partial charge in [-0.3, -0.25) is 4.79 Å². The van der Waals surface area contributed by atoms with Crippen LogP contribution in [0.4, 0.5) is 8.78 Å². The Hall–Kier alpha value is -2.27. The van der Waals surface area contributed by atoms with Crippen molar-refractivity contribution < 1.29 is 13.6 Å². The van der Waals surface area contributed by atoms with E-state index < -0.39 is 24.0 Å². The molecule has 1 aromatic carbocycles. The quantitative estimate of drug-likeness (QED) is 0.838. The third kappa shape index (κ3) is 3.23. The molecule has 1 aliphatic heterocycles. The van der Waals surface area contributed by atoms with E-state index in [0.29, 0.717) is 0 Å². The molecule has 0 spiro atoms. The number of benzene rings is 1. The van der Waals surface area contributed by atoms with Crippen molar-refractivity contribution in [1.29, 1.82) is 0 Å². The number of carbonyl (C=O) groups is 1. The van der Waals surface area contributed by atoms with Crippen molar-refractivity contribution in [3.05, 3.63) is 71.6 Å². The van der Waals surface area contributed by atoms with Gasteiger partial charge in [0.15, 0.2) is 0 Å². The second-order valence-electron chi connectivity index (χ2n) is 7.31. The van der Waals surface area contributed by atoms with Gasteiger partial charge in [0.25, 0.3) is 0 Å². The number of nitrogens with zero attached hydrogens (tertiary/aromatic N) is 1. The normalized spacial score (nSPS) is 29.3. The Morgan fingerprint density at radius 2 is 1.92 bits per heavy atom. The number of amides is 1. The Bertz CT molecular complexity index is 782. The van der Waals surface area contributed by atoms with E-state index in [1.54, 1.807) is 4.90 Å². The molecule has 4 atom stereocenters. The summed E-state index contributed by atoms with van der Waals surface area (Å²) in [6.07, 6.45) is 6.25. The minimum absolute atomic E-state index is 0.112. The maximum atomic E-state index is 14.4. The fourth-order valence-electron chi connectivity index (χ4n) is 3.78. The van der Waals surface area contributed by atoms with Crippen LogP contribution in [0.3, 0.4) is 0 Å². The zero-order valence-corrected chi connectivity index (χ0v) is 14.4. The van der Waals surface area contributed by atoms with Crippen molar-refractivity contribution in [3.63, 3.8) is 0 Å². The molecule has 1 aromatic rings. The van der Waals surface area contributed by atoms with Gasteiger partial charge in [-0.25, -0.2) is 8.78 Å². The molecule has 0 saturated heterocycles. The number of halogens is 2. The monoisotopic (exact) mass is 356 g/mol. The topological polar surface area (TPSA) is 46.3 Å². The Morgan fingerprint density at radius 3 is 2.62 bits per heavy atom. The predicted octanol–water partition coefficient (Wildman–Crippen LogP) is 3.61. The fourth-order valence-corrected chi connectivity index (χ4v) is 3.78. The molecule has 0 bridgehead atoms. The van der Waals surface area contributed by atoms with Crippen LogP contribution < -0.4 is 5.73 Å². The fraction of sp³-hybridized carbons (Fsp3) is 0.381. The molecule has 0 radical (unpaired) electrons. The number of rotatable bonds is 4. The number of hydrogen-bond acceptors (Lipinski definition) is 2. The van der Waals surface area contributed by atoms with Gasteiger partial charge in [-0.2, -0.15) is 0 Å². The summed E-state index contributed by atoms with van der Waals surface area (Å²) < 4.78 is 28.0. The van der Waals surface area contributed by atoms with Crippen LogP contribution in [0.2, 0.25) is 0 Å². The molecule has 4 rings (SSSR count). The van der Waals surface area contributed by atoms with E-state index in [-0.39, 0.29) is 24.4 Å². The Morgan fingerprint density at radius 1 is 1.19 bits per heavy atom. The van der Waals surface area contributed by atoms with Crippen molar-refractivity contribution in [3.8, 4) is 0 Å². The molecule has 5 heteroatoms. The number of hydrogen-bond donors (Lipinski definition) is 1. The Balaban J connectivity index is 1.64. The average Bonchev–Trinajstić information content (AvgIpc) is 3.41. The molecule has 1 saturated carbocycles. The van der Waals surface area contributed by atoms with E-state index in [1.807, 2.05) is 36.4 Å². The summed E-state index contributed by atoms with van der Waals surface area (Å²) in [5, 5.41) is 0. The Labute approximate surface area is 151 Å². The van der Waals surface area contributed by atoms with E-state index in [2.05, 4.69) is 0 Å². The van der Waals surface area contributed by atoms with Gasteiger partial charge in [-0.1, -0.05) is 36.4 Å². The lowest BCUT2D eigenvalue weighted by Crippen LogP contribution is -2.45. The number of nitrogens with two attached hydrogens (primary N) is 1. The van der Waals surface area contributed by atoms with Crippen LogP contribution in [0.25, 0.3) is 0 Å². The summed E-state index contributed by atoms with van der Waals surface area (Å²) in [5.41, 5.74) is 7.82. The van der Waals surface area contributed by atoms with Crippen LogP contribution in [0.15, 0.2) is 66.0 Å². The highest BCUT2D eigenvalue weighted by Crippen LogP contribution is 2.39. The first-order valence-corrected chi connectivity index (χ1v) is 9.06. The van der Waals surface area contributed by atoms with Crippen LogP contribution in [-0.2, 0) is 4.79 Å². The highest BCUT2D eigenvalue weighted by Gasteiger charge is 2.41. The average molecular weight is 356 g/mol. The molecule has 1 amide bonds. The largest absolute Gasteiger partial charge is 0.327 e. The lowest BCUT2D eigenvalue weighted by molar-refractivity contribution is -0.133. The van der Waals surface area contributed by atoms with Crippen molar-refractivity contribution in [1.82, 2.24) is 4.90 Å². The summed E-state index contributed by atoms with van der Waals surface area (Å²) >= 11 is 0. The first kappa shape index (κ1) is 17.2. The van der Waals surface area contributed by atoms with E-state index >= 15 is 0 Å². The second-order valence-corrected chi connectivity index (χ2v) is 7.31. The first-order valence-electron chi connectivity index (χ1n) is 9.06. The molecule has 3 nitrogen and oxygen atoms in total. The highest BCUT2D eigenvalue weighted by molar-refractivity contribution is 5.84. The molecule has 2 unspecified atom stereocenters. The standard InChI is InChI=1S/C21H22F2N2O/c22-16-8-9-18(23)17(11-16)15-10-19(13-4-2-1-3-5-13)25(12-15)21(26)20(24)14-6-7-14/h1-5,8-11,14,17-20H,6-7,12,24H2/t17?,18?,19-,20-/m0/s1. The molecule has 3 aliphatic rings. The van der Waals surface area contributed by atoms with Gasteiger partial charge in [-0.15, -0.1) is 0 Å². The molecule has 136 valence electrons. The molecular weight excluding hydrogens is 334 g/mol. The van der Waals surface area contributed by atoms with Crippen molar-refractivity contribution in [2.45, 2.75) is 31.1 Å². The summed E-state index contributed by atoms with van der Waals surface area (Å²) in [5.74, 6) is -0.993. The van der Waals surface area contributed by atoms with Gasteiger partial charge in [0.2, 0.25) is 5.91 Å². The zero-order valence-electron chi connectivity index (χ0n) is 14.4. The maximum absolute atomic E-state index is 14.4. The van der Waals surface area contributed by atoms with Gasteiger partial charge >= 0.3 is 0 Å². The van der Waals surface area contributed by atoms with Gasteiger partial charge < -0.3 is 10.6 Å². The third-order valence-corrected chi connectivity index (χ3v) is 5.45. The van der Waals surface area contributed by atoms with Crippen LogP contribution >= 0.6 is 0 Å². The van der Waals surface area contributed by atoms with E-state index in [9.17, 15) is 13.6 Å². The van der Waals surface area contributed by atoms with Crippen LogP contribution in [0.5, 0.6) is 0 Å². The predicted molar refractivity (Wildman–Crippen MR) is 96.4 cm³/mol. The lowest BCUT2D eigenvalue weighted by atomic mass is 9.90. The summed E-state index contributed by atoms with van der Waals surface area (Å²) in [4.78, 5) is 14.7. The molecule has 0 aromatic heterocycles. The molecule has 1 fully saturated rings. The number of carbonyl (C=O) groups excluding carboxylic acids is 1. The summed E-state index contributed by atoms with van der Waals surface area (Å²) in [7, 11) is 0. The van der Waals surface area contributed by atoms with Gasteiger partial charge in [-0.05, 0) is 48.1 Å². The number of allylic oxidation sites excluding steroid dienone is 4. The van der Waals surface area contributed by atoms with E-state index in [1.165, 1.54) is 12.2 Å². The Kier molecular flexibility index (Phi) is 4.49. The SMILES string of the molecule is N[C@H](C(=O)N1CC(C2C=C(F)C=CC2F)=C[C@H]1c1ccccc1)C1CC1. The lowest BCUT2D eigenvalue weighted by Gasteiger charge is -2.28. The van der Waals surface area contributed by atoms with Crippen LogP contribution in [0.1, 0.15) is 24.4 Å². The zero-order chi connectivity index (χ0) is 18.3. The molecule has 2 aliphatic carbocycles. The van der Waals surface area contributed by atoms with Crippen LogP contribution in [-0.4, -0.2) is 29.6 Å². The van der Waals surface area contributed by atoms with Gasteiger partial charge in [0.05, 0.1) is 12.1 Å². The third-order valence-electron chi connectivity index (χ3n) is 5.45. The molecule has 2 N–H and O–H groups in total. The van der Waals surface area contributed by atoms with Gasteiger partial charge in [0, 0.05) is 12.5 Å². The minimum Gasteiger partial charge on any atom is -0.327 e. The summed E-state index contributed by atoms with van der Waals surface area (Å²) in [6.45, 7) is 0.279. The summed E-state index contributed by atoms with van der Waals surface area (Å²) in [6, 6.07) is 8.80. The molecular formula is C21H22F2N2O. The van der Waals surface area contributed by atoms with Crippen molar-refractivity contribution >= 4 is 5.91 Å². The van der Waals surface area contributed by atoms with E-state index in [4.69, 9.17) is 5.73 Å². The maximum Gasteiger partial charge on any atom is 0.240 e. The van der Waals surface area contributed by atoms with Crippen LogP contribution in [0, 0.1) is 11.8 Å². The van der Waals surface area contributed by atoms with Crippen molar-refractivity contribution in [2.75, 3.05) is 6.54 Å². The van der Waals surface area contributed by atoms with Crippen molar-refractivity contribution in [2.24, 2.45) is 17.6 Å². The molecule has 1 heterocycles. The second kappa shape index (κ2) is 6.80. The highest BCUT2D eigenvalue weighted by atomic mass is 19.1. The first-order chi connectivity index (χ1) is 12.5. The molecule has 26 heavy (non-hydrogen) atoms. The van der Waals surface area contributed by atoms with Gasteiger partial charge in [0.1, 0.15) is 12.0 Å². The minimum atomic E-state index is -1.29.